The zero-order valence-electron chi connectivity index (χ0n) is 15.2. The molecule has 0 unspecified atom stereocenters. The Morgan fingerprint density at radius 2 is 1.68 bits per heavy atom. The molecule has 1 aromatic heterocycles. The van der Waals surface area contributed by atoms with E-state index in [1.165, 1.54) is 28.2 Å². The van der Waals surface area contributed by atoms with Crippen LogP contribution in [0.3, 0.4) is 0 Å². The average Bonchev–Trinajstić information content (AvgIpc) is 2.96. The molecule has 3 N–H and O–H groups in total. The van der Waals surface area contributed by atoms with E-state index in [9.17, 15) is 9.59 Å². The molecule has 0 spiro atoms. The zero-order chi connectivity index (χ0) is 18.7. The fourth-order valence-corrected chi connectivity index (χ4v) is 3.54. The molecule has 0 bridgehead atoms. The first kappa shape index (κ1) is 21.6. The van der Waals surface area contributed by atoms with Crippen molar-refractivity contribution in [3.8, 4) is 0 Å². The van der Waals surface area contributed by atoms with Crippen molar-refractivity contribution in [1.29, 1.82) is 0 Å². The molecule has 0 saturated carbocycles. The maximum atomic E-state index is 12.0. The number of aromatic nitrogens is 3. The molecule has 0 aliphatic heterocycles. The molecule has 8 nitrogen and oxygen atoms in total. The third-order valence-corrected chi connectivity index (χ3v) is 5.38. The average molecular weight is 389 g/mol. The Hall–Kier alpha value is -1.42. The van der Waals surface area contributed by atoms with Gasteiger partial charge in [-0.05, 0) is 20.3 Å². The van der Waals surface area contributed by atoms with Crippen LogP contribution in [0, 0.1) is 0 Å². The molecule has 0 radical (unpaired) electrons. The number of unbranched alkanes of at least 4 members (excludes halogenated alkanes) is 2. The minimum Gasteiger partial charge on any atom is -0.355 e. The van der Waals surface area contributed by atoms with Crippen molar-refractivity contribution < 1.29 is 9.59 Å². The molecule has 2 amide bonds. The first-order chi connectivity index (χ1) is 12.0. The number of rotatable bonds is 12. The highest BCUT2D eigenvalue weighted by Gasteiger charge is 2.16. The summed E-state index contributed by atoms with van der Waals surface area (Å²) in [5, 5.41) is 11.8. The summed E-state index contributed by atoms with van der Waals surface area (Å²) >= 11 is 2.48. The van der Waals surface area contributed by atoms with Gasteiger partial charge in [0.1, 0.15) is 0 Å². The number of hydrogen-bond donors (Lipinski definition) is 2. The monoisotopic (exact) mass is 388 g/mol. The van der Waals surface area contributed by atoms with Gasteiger partial charge in [0, 0.05) is 19.6 Å². The van der Waals surface area contributed by atoms with Crippen molar-refractivity contribution in [1.82, 2.24) is 25.1 Å². The van der Waals surface area contributed by atoms with Gasteiger partial charge in [-0.25, -0.2) is 4.68 Å². The Bertz CT molecular complexity index is 548. The number of nitrogen functional groups attached to an aromatic ring is 1. The second-order valence-corrected chi connectivity index (χ2v) is 7.22. The van der Waals surface area contributed by atoms with Gasteiger partial charge in [-0.2, -0.15) is 0 Å². The standard InChI is InChI=1S/C15H28N6O2S2/c1-4-7-8-9-17-12(22)10-24-14-18-19-15(21(14)16)25-11-13(23)20(5-2)6-3/h4-11,16H2,1-3H3,(H,17,22). The smallest absolute Gasteiger partial charge is 0.233 e. The van der Waals surface area contributed by atoms with Crippen molar-refractivity contribution in [2.24, 2.45) is 0 Å². The van der Waals surface area contributed by atoms with E-state index in [2.05, 4.69) is 22.4 Å². The largest absolute Gasteiger partial charge is 0.355 e. The van der Waals surface area contributed by atoms with Gasteiger partial charge in [0.25, 0.3) is 0 Å². The van der Waals surface area contributed by atoms with Crippen LogP contribution in [0.1, 0.15) is 40.0 Å². The van der Waals surface area contributed by atoms with Crippen LogP contribution in [-0.2, 0) is 9.59 Å². The highest BCUT2D eigenvalue weighted by atomic mass is 32.2. The highest BCUT2D eigenvalue weighted by molar-refractivity contribution is 8.00. The Morgan fingerprint density at radius 1 is 1.08 bits per heavy atom. The molecular formula is C15H28N6O2S2. The fraction of sp³-hybridized carbons (Fsp3) is 0.733. The van der Waals surface area contributed by atoms with Gasteiger partial charge in [-0.15, -0.1) is 10.2 Å². The van der Waals surface area contributed by atoms with Crippen molar-refractivity contribution in [2.45, 2.75) is 50.3 Å². The van der Waals surface area contributed by atoms with Gasteiger partial charge in [-0.1, -0.05) is 43.3 Å². The van der Waals surface area contributed by atoms with Crippen molar-refractivity contribution in [3.05, 3.63) is 0 Å². The minimum atomic E-state index is -0.0463. The molecule has 142 valence electrons. The van der Waals surface area contributed by atoms with Gasteiger partial charge in [0.15, 0.2) is 0 Å². The molecule has 0 saturated heterocycles. The summed E-state index contributed by atoms with van der Waals surface area (Å²) in [5.74, 6) is 6.45. The van der Waals surface area contributed by atoms with Crippen LogP contribution in [0.2, 0.25) is 0 Å². The maximum Gasteiger partial charge on any atom is 0.233 e. The third-order valence-electron chi connectivity index (χ3n) is 3.51. The zero-order valence-corrected chi connectivity index (χ0v) is 16.8. The lowest BCUT2D eigenvalue weighted by atomic mass is 10.2. The number of amides is 2. The number of hydrogen-bond acceptors (Lipinski definition) is 7. The molecule has 0 fully saturated rings. The van der Waals surface area contributed by atoms with Crippen LogP contribution < -0.4 is 11.2 Å². The van der Waals surface area contributed by atoms with E-state index in [1.807, 2.05) is 13.8 Å². The van der Waals surface area contributed by atoms with Gasteiger partial charge >= 0.3 is 0 Å². The molecule has 0 aliphatic rings. The third kappa shape index (κ3) is 7.55. The highest BCUT2D eigenvalue weighted by Crippen LogP contribution is 2.20. The van der Waals surface area contributed by atoms with Gasteiger partial charge in [-0.3, -0.25) is 9.59 Å². The summed E-state index contributed by atoms with van der Waals surface area (Å²) in [6.07, 6.45) is 3.22. The van der Waals surface area contributed by atoms with E-state index in [-0.39, 0.29) is 23.3 Å². The van der Waals surface area contributed by atoms with Crippen LogP contribution in [0.25, 0.3) is 0 Å². The van der Waals surface area contributed by atoms with Crippen LogP contribution >= 0.6 is 23.5 Å². The van der Waals surface area contributed by atoms with Crippen LogP contribution in [0.15, 0.2) is 10.3 Å². The summed E-state index contributed by atoms with van der Waals surface area (Å²) in [6, 6.07) is 0. The molecule has 25 heavy (non-hydrogen) atoms. The van der Waals surface area contributed by atoms with Crippen molar-refractivity contribution >= 4 is 35.3 Å². The lowest BCUT2D eigenvalue weighted by Crippen LogP contribution is -2.32. The number of carbonyl (C=O) groups excluding carboxylic acids is 2. The summed E-state index contributed by atoms with van der Waals surface area (Å²) in [7, 11) is 0. The Labute approximate surface area is 157 Å². The van der Waals surface area contributed by atoms with Crippen LogP contribution in [0.4, 0.5) is 0 Å². The molecule has 0 aliphatic carbocycles. The summed E-state index contributed by atoms with van der Waals surface area (Å²) in [4.78, 5) is 25.5. The van der Waals surface area contributed by atoms with E-state index in [0.717, 1.165) is 19.3 Å². The van der Waals surface area contributed by atoms with E-state index in [4.69, 9.17) is 5.84 Å². The SMILES string of the molecule is CCCCCNC(=O)CSc1nnc(SCC(=O)N(CC)CC)n1N. The molecule has 1 rings (SSSR count). The number of thioether (sulfide) groups is 2. The fourth-order valence-electron chi connectivity index (χ4n) is 2.04. The van der Waals surface area contributed by atoms with E-state index in [0.29, 0.717) is 29.9 Å². The van der Waals surface area contributed by atoms with E-state index < -0.39 is 0 Å². The molecule has 0 aromatic carbocycles. The molecule has 10 heteroatoms. The molecular weight excluding hydrogens is 360 g/mol. The van der Waals surface area contributed by atoms with E-state index >= 15 is 0 Å². The normalized spacial score (nSPS) is 10.7. The second kappa shape index (κ2) is 12.0. The van der Waals surface area contributed by atoms with Crippen molar-refractivity contribution in [3.63, 3.8) is 0 Å². The van der Waals surface area contributed by atoms with E-state index in [1.54, 1.807) is 4.90 Å². The predicted octanol–water partition coefficient (Wildman–Crippen LogP) is 1.35. The number of carbonyl (C=O) groups is 2. The molecule has 0 atom stereocenters. The summed E-state index contributed by atoms with van der Waals surface area (Å²) in [6.45, 7) is 8.06. The van der Waals surface area contributed by atoms with Crippen LogP contribution in [-0.4, -0.2) is 62.7 Å². The van der Waals surface area contributed by atoms with Crippen molar-refractivity contribution in [2.75, 3.05) is 37.0 Å². The Morgan fingerprint density at radius 3 is 2.24 bits per heavy atom. The number of nitrogens with zero attached hydrogens (tertiary/aromatic N) is 4. The van der Waals surface area contributed by atoms with Crippen LogP contribution in [0.5, 0.6) is 0 Å². The summed E-state index contributed by atoms with van der Waals surface area (Å²) in [5.41, 5.74) is 0. The first-order valence-electron chi connectivity index (χ1n) is 8.53. The molecule has 1 heterocycles. The molecule has 1 aromatic rings. The Kier molecular flexibility index (Phi) is 10.4. The topological polar surface area (TPSA) is 106 Å². The Balaban J connectivity index is 2.41. The predicted molar refractivity (Wildman–Crippen MR) is 102 cm³/mol. The number of nitrogens with one attached hydrogen (secondary N) is 1. The number of nitrogens with two attached hydrogens (primary N) is 1. The second-order valence-electron chi connectivity index (χ2n) is 5.34. The van der Waals surface area contributed by atoms with Gasteiger partial charge in [0.2, 0.25) is 22.1 Å². The lowest BCUT2D eigenvalue weighted by Gasteiger charge is -2.17. The van der Waals surface area contributed by atoms with Gasteiger partial charge in [0.05, 0.1) is 11.5 Å². The lowest BCUT2D eigenvalue weighted by molar-refractivity contribution is -0.128. The maximum absolute atomic E-state index is 12.0. The first-order valence-corrected chi connectivity index (χ1v) is 10.5. The quantitative estimate of drug-likeness (QED) is 0.316. The summed E-state index contributed by atoms with van der Waals surface area (Å²) < 4.78 is 1.33. The van der Waals surface area contributed by atoms with Gasteiger partial charge < -0.3 is 16.1 Å². The minimum absolute atomic E-state index is 0.0404.